The number of carbonyl (C=O) groups is 1. The number of aliphatic imine (C=N–C) groups is 2. The minimum atomic E-state index is -0.864. The second-order valence-electron chi connectivity index (χ2n) is 4.76. The number of hydrogen-bond donors (Lipinski definition) is 2. The molecule has 1 aromatic rings. The van der Waals surface area contributed by atoms with Gasteiger partial charge in [0, 0.05) is 6.42 Å². The van der Waals surface area contributed by atoms with E-state index in [2.05, 4.69) is 15.3 Å². The number of nitrogens with one attached hydrogen (secondary N) is 1. The molecule has 0 aromatic heterocycles. The zero-order valence-corrected chi connectivity index (χ0v) is 11.0. The lowest BCUT2D eigenvalue weighted by Crippen LogP contribution is -2.50. The first-order valence-electron chi connectivity index (χ1n) is 6.40. The Bertz CT molecular complexity index is 592. The van der Waals surface area contributed by atoms with Crippen LogP contribution in [-0.2, 0) is 4.79 Å². The molecule has 104 valence electrons. The monoisotopic (exact) mass is 273 g/mol. The van der Waals surface area contributed by atoms with Gasteiger partial charge in [0.1, 0.15) is 18.5 Å². The van der Waals surface area contributed by atoms with Crippen LogP contribution in [0.1, 0.15) is 18.0 Å². The van der Waals surface area contributed by atoms with Crippen molar-refractivity contribution in [1.82, 2.24) is 5.32 Å². The van der Waals surface area contributed by atoms with Crippen molar-refractivity contribution in [3.8, 4) is 5.75 Å². The van der Waals surface area contributed by atoms with Gasteiger partial charge in [0.2, 0.25) is 0 Å². The highest BCUT2D eigenvalue weighted by Gasteiger charge is 2.36. The number of rotatable bonds is 3. The molecule has 2 heterocycles. The van der Waals surface area contributed by atoms with Crippen molar-refractivity contribution in [3.05, 3.63) is 29.8 Å². The standard InChI is InChI=1S/C14H15N3O3/c1-20-9-4-2-8(3-5-9)12-13-10(15-7-16-13)6-11(17-12)14(18)19/h2-5,11-12,17H,6-7H2,1H3,(H,18,19). The topological polar surface area (TPSA) is 83.3 Å². The van der Waals surface area contributed by atoms with Gasteiger partial charge in [0.25, 0.3) is 0 Å². The summed E-state index contributed by atoms with van der Waals surface area (Å²) in [5.41, 5.74) is 2.62. The van der Waals surface area contributed by atoms with Crippen LogP contribution in [-0.4, -0.2) is 42.3 Å². The van der Waals surface area contributed by atoms with Gasteiger partial charge in [-0.15, -0.1) is 0 Å². The van der Waals surface area contributed by atoms with E-state index in [9.17, 15) is 9.90 Å². The molecule has 0 aliphatic carbocycles. The van der Waals surface area contributed by atoms with Crippen molar-refractivity contribution in [3.63, 3.8) is 0 Å². The molecule has 2 N–H and O–H groups in total. The van der Waals surface area contributed by atoms with E-state index in [0.717, 1.165) is 22.7 Å². The Morgan fingerprint density at radius 3 is 2.75 bits per heavy atom. The SMILES string of the molecule is COc1ccc(C2NC(C(=O)O)CC3=NCN=C32)cc1. The second-order valence-corrected chi connectivity index (χ2v) is 4.76. The molecule has 1 aromatic carbocycles. The second kappa shape index (κ2) is 5.05. The first-order valence-corrected chi connectivity index (χ1v) is 6.40. The Hall–Kier alpha value is -2.21. The van der Waals surface area contributed by atoms with Gasteiger partial charge in [0.15, 0.2) is 0 Å². The predicted molar refractivity (Wildman–Crippen MR) is 74.6 cm³/mol. The first kappa shape index (κ1) is 12.8. The lowest BCUT2D eigenvalue weighted by molar-refractivity contribution is -0.139. The molecule has 0 spiro atoms. The van der Waals surface area contributed by atoms with Crippen molar-refractivity contribution in [2.45, 2.75) is 18.5 Å². The smallest absolute Gasteiger partial charge is 0.321 e. The maximum atomic E-state index is 11.2. The molecule has 6 heteroatoms. The molecule has 2 aliphatic rings. The van der Waals surface area contributed by atoms with Crippen molar-refractivity contribution >= 4 is 17.4 Å². The molecule has 0 radical (unpaired) electrons. The molecule has 20 heavy (non-hydrogen) atoms. The van der Waals surface area contributed by atoms with Crippen LogP contribution in [0.2, 0.25) is 0 Å². The van der Waals surface area contributed by atoms with Gasteiger partial charge in [0.05, 0.1) is 24.6 Å². The first-order chi connectivity index (χ1) is 9.69. The number of piperidine rings is 1. The van der Waals surface area contributed by atoms with Crippen LogP contribution in [0.3, 0.4) is 0 Å². The molecule has 6 nitrogen and oxygen atoms in total. The maximum absolute atomic E-state index is 11.2. The number of carboxylic acid groups (broad SMARTS) is 1. The number of hydrogen-bond acceptors (Lipinski definition) is 5. The summed E-state index contributed by atoms with van der Waals surface area (Å²) in [5.74, 6) is -0.0984. The van der Waals surface area contributed by atoms with E-state index in [1.165, 1.54) is 0 Å². The average molecular weight is 273 g/mol. The van der Waals surface area contributed by atoms with Gasteiger partial charge in [-0.25, -0.2) is 0 Å². The third-order valence-corrected chi connectivity index (χ3v) is 3.58. The third kappa shape index (κ3) is 2.18. The maximum Gasteiger partial charge on any atom is 0.321 e. The highest BCUT2D eigenvalue weighted by Crippen LogP contribution is 2.26. The van der Waals surface area contributed by atoms with Gasteiger partial charge >= 0.3 is 5.97 Å². The van der Waals surface area contributed by atoms with Crippen LogP contribution in [0.5, 0.6) is 5.75 Å². The summed E-state index contributed by atoms with van der Waals surface area (Å²) in [5, 5.41) is 12.4. The van der Waals surface area contributed by atoms with Crippen molar-refractivity contribution in [2.24, 2.45) is 9.98 Å². The van der Waals surface area contributed by atoms with Gasteiger partial charge in [-0.1, -0.05) is 12.1 Å². The third-order valence-electron chi connectivity index (χ3n) is 3.58. The van der Waals surface area contributed by atoms with E-state index in [0.29, 0.717) is 13.1 Å². The van der Waals surface area contributed by atoms with Crippen molar-refractivity contribution in [2.75, 3.05) is 13.8 Å². The highest BCUT2D eigenvalue weighted by atomic mass is 16.5. The number of aliphatic carboxylic acids is 1. The Morgan fingerprint density at radius 1 is 1.35 bits per heavy atom. The predicted octanol–water partition coefficient (Wildman–Crippen LogP) is 1.04. The van der Waals surface area contributed by atoms with Crippen molar-refractivity contribution < 1.29 is 14.6 Å². The Kier molecular flexibility index (Phi) is 3.23. The zero-order chi connectivity index (χ0) is 14.1. The van der Waals surface area contributed by atoms with Crippen LogP contribution in [0, 0.1) is 0 Å². The summed E-state index contributed by atoms with van der Waals surface area (Å²) in [6.45, 7) is 0.394. The molecule has 2 atom stereocenters. The quantitative estimate of drug-likeness (QED) is 0.861. The summed E-state index contributed by atoms with van der Waals surface area (Å²) >= 11 is 0. The van der Waals surface area contributed by atoms with E-state index >= 15 is 0 Å². The largest absolute Gasteiger partial charge is 0.497 e. The molecular weight excluding hydrogens is 258 g/mol. The molecule has 0 amide bonds. The number of nitrogens with zero attached hydrogens (tertiary/aromatic N) is 2. The average Bonchev–Trinajstić information content (AvgIpc) is 2.94. The molecule has 3 rings (SSSR count). The van der Waals surface area contributed by atoms with Crippen LogP contribution in [0.15, 0.2) is 34.3 Å². The fraction of sp³-hybridized carbons (Fsp3) is 0.357. The highest BCUT2D eigenvalue weighted by molar-refractivity contribution is 6.46. The van der Waals surface area contributed by atoms with Gasteiger partial charge in [-0.3, -0.25) is 20.1 Å². The molecule has 0 bridgehead atoms. The number of fused-ring (bicyclic) bond motifs is 1. The van der Waals surface area contributed by atoms with Crippen LogP contribution >= 0.6 is 0 Å². The summed E-state index contributed by atoms with van der Waals surface area (Å²) < 4.78 is 5.13. The van der Waals surface area contributed by atoms with E-state index in [4.69, 9.17) is 4.74 Å². The van der Waals surface area contributed by atoms with Gasteiger partial charge in [-0.05, 0) is 17.7 Å². The van der Waals surface area contributed by atoms with Gasteiger partial charge in [-0.2, -0.15) is 0 Å². The molecule has 2 unspecified atom stereocenters. The Morgan fingerprint density at radius 2 is 2.10 bits per heavy atom. The molecule has 1 fully saturated rings. The molecule has 1 saturated heterocycles. The number of carboxylic acids is 1. The van der Waals surface area contributed by atoms with Crippen LogP contribution in [0.4, 0.5) is 0 Å². The normalized spacial score (nSPS) is 24.6. The minimum absolute atomic E-state index is 0.225. The molecule has 0 saturated carbocycles. The number of ether oxygens (including phenoxy) is 1. The minimum Gasteiger partial charge on any atom is -0.497 e. The fourth-order valence-electron chi connectivity index (χ4n) is 2.54. The van der Waals surface area contributed by atoms with Crippen LogP contribution < -0.4 is 10.1 Å². The summed E-state index contributed by atoms with van der Waals surface area (Å²) in [7, 11) is 1.61. The lowest BCUT2D eigenvalue weighted by Gasteiger charge is -2.30. The van der Waals surface area contributed by atoms with Crippen molar-refractivity contribution in [1.29, 1.82) is 0 Å². The Labute approximate surface area is 116 Å². The molecule has 2 aliphatic heterocycles. The summed E-state index contributed by atoms with van der Waals surface area (Å²) in [4.78, 5) is 19.9. The Balaban J connectivity index is 1.92. The number of benzene rings is 1. The summed E-state index contributed by atoms with van der Waals surface area (Å²) in [6.07, 6.45) is 0.390. The van der Waals surface area contributed by atoms with Crippen LogP contribution in [0.25, 0.3) is 0 Å². The van der Waals surface area contributed by atoms with Gasteiger partial charge < -0.3 is 9.84 Å². The fourth-order valence-corrected chi connectivity index (χ4v) is 2.54. The lowest BCUT2D eigenvalue weighted by atomic mass is 9.90. The van der Waals surface area contributed by atoms with E-state index in [-0.39, 0.29) is 6.04 Å². The molecular formula is C14H15N3O3. The van der Waals surface area contributed by atoms with E-state index in [1.54, 1.807) is 7.11 Å². The zero-order valence-electron chi connectivity index (χ0n) is 11.0. The van der Waals surface area contributed by atoms with E-state index < -0.39 is 12.0 Å². The number of methoxy groups -OCH3 is 1. The van der Waals surface area contributed by atoms with E-state index in [1.807, 2.05) is 24.3 Å². The summed E-state index contributed by atoms with van der Waals surface area (Å²) in [6, 6.07) is 6.69.